The van der Waals surface area contributed by atoms with E-state index in [0.29, 0.717) is 16.9 Å². The molecule has 1 rings (SSSR count). The lowest BCUT2D eigenvalue weighted by Gasteiger charge is -2.07. The molecule has 2 nitrogen and oxygen atoms in total. The Morgan fingerprint density at radius 2 is 2.13 bits per heavy atom. The van der Waals surface area contributed by atoms with Gasteiger partial charge in [-0.05, 0) is 30.4 Å². The predicted octanol–water partition coefficient (Wildman–Crippen LogP) is 3.15. The van der Waals surface area contributed by atoms with Crippen LogP contribution in [-0.2, 0) is 4.79 Å². The van der Waals surface area contributed by atoms with Gasteiger partial charge in [-0.15, -0.1) is 0 Å². The number of hydrogen-bond acceptors (Lipinski definition) is 2. The van der Waals surface area contributed by atoms with Crippen LogP contribution in [0.2, 0.25) is 5.02 Å². The molecule has 80 valence electrons. The Morgan fingerprint density at radius 3 is 2.73 bits per heavy atom. The first kappa shape index (κ1) is 11.7. The Hall–Kier alpha value is -1.42. The third-order valence-electron chi connectivity index (χ3n) is 1.54. The molecule has 0 bridgehead atoms. The van der Waals surface area contributed by atoms with E-state index >= 15 is 0 Å². The normalized spacial score (nSPS) is 10.9. The number of ether oxygens (including phenoxy) is 1. The molecule has 0 aliphatic heterocycles. The van der Waals surface area contributed by atoms with E-state index in [-0.39, 0.29) is 5.75 Å². The van der Waals surface area contributed by atoms with Crippen LogP contribution in [0.3, 0.4) is 0 Å². The molecule has 0 aliphatic rings. The highest BCUT2D eigenvalue weighted by atomic mass is 35.5. The molecule has 0 heterocycles. The molecule has 0 spiro atoms. The SMILES string of the molecule is O=C/C=C/c1cc(Cl)ccc1OC(F)F. The molecule has 15 heavy (non-hydrogen) atoms. The topological polar surface area (TPSA) is 26.3 Å². The molecule has 0 unspecified atom stereocenters. The fourth-order valence-electron chi connectivity index (χ4n) is 0.996. The van der Waals surface area contributed by atoms with Crippen molar-refractivity contribution in [2.75, 3.05) is 0 Å². The summed E-state index contributed by atoms with van der Waals surface area (Å²) in [6.07, 6.45) is 3.05. The highest BCUT2D eigenvalue weighted by Crippen LogP contribution is 2.25. The lowest BCUT2D eigenvalue weighted by molar-refractivity contribution is -0.104. The fraction of sp³-hybridized carbons (Fsp3) is 0.100. The van der Waals surface area contributed by atoms with Gasteiger partial charge in [0, 0.05) is 10.6 Å². The van der Waals surface area contributed by atoms with Crippen LogP contribution in [0.25, 0.3) is 6.08 Å². The summed E-state index contributed by atoms with van der Waals surface area (Å²) in [5.74, 6) is -0.0208. The van der Waals surface area contributed by atoms with Crippen molar-refractivity contribution in [3.05, 3.63) is 34.9 Å². The monoisotopic (exact) mass is 232 g/mol. The Balaban J connectivity index is 3.02. The molecular weight excluding hydrogens is 226 g/mol. The van der Waals surface area contributed by atoms with Crippen LogP contribution in [0.4, 0.5) is 8.78 Å². The minimum absolute atomic E-state index is 0.0208. The molecule has 0 aromatic heterocycles. The quantitative estimate of drug-likeness (QED) is 0.589. The molecule has 0 saturated carbocycles. The van der Waals surface area contributed by atoms with Crippen molar-refractivity contribution < 1.29 is 18.3 Å². The number of rotatable bonds is 4. The van der Waals surface area contributed by atoms with Gasteiger partial charge in [-0.3, -0.25) is 4.79 Å². The van der Waals surface area contributed by atoms with Crippen LogP contribution < -0.4 is 4.74 Å². The number of halogens is 3. The summed E-state index contributed by atoms with van der Waals surface area (Å²) < 4.78 is 28.2. The maximum absolute atomic E-state index is 12.0. The Labute approximate surface area is 90.1 Å². The smallest absolute Gasteiger partial charge is 0.387 e. The van der Waals surface area contributed by atoms with E-state index in [2.05, 4.69) is 4.74 Å². The van der Waals surface area contributed by atoms with Crippen LogP contribution >= 0.6 is 11.6 Å². The second-order valence-corrected chi connectivity index (χ2v) is 2.99. The summed E-state index contributed by atoms with van der Waals surface area (Å²) in [6.45, 7) is -2.91. The number of benzene rings is 1. The zero-order valence-corrected chi connectivity index (χ0v) is 8.25. The van der Waals surface area contributed by atoms with Gasteiger partial charge in [-0.2, -0.15) is 8.78 Å². The van der Waals surface area contributed by atoms with Crippen LogP contribution in [0.15, 0.2) is 24.3 Å². The summed E-state index contributed by atoms with van der Waals surface area (Å²) in [5.41, 5.74) is 0.329. The fourth-order valence-corrected chi connectivity index (χ4v) is 1.18. The van der Waals surface area contributed by atoms with Crippen LogP contribution in [0.1, 0.15) is 5.56 Å². The summed E-state index contributed by atoms with van der Waals surface area (Å²) >= 11 is 5.67. The van der Waals surface area contributed by atoms with Gasteiger partial charge in [0.25, 0.3) is 0 Å². The maximum atomic E-state index is 12.0. The Kier molecular flexibility index (Phi) is 4.24. The van der Waals surface area contributed by atoms with E-state index in [1.165, 1.54) is 30.4 Å². The van der Waals surface area contributed by atoms with Crippen molar-refractivity contribution in [3.8, 4) is 5.75 Å². The van der Waals surface area contributed by atoms with E-state index in [9.17, 15) is 13.6 Å². The molecule has 0 fully saturated rings. The zero-order valence-electron chi connectivity index (χ0n) is 7.49. The van der Waals surface area contributed by atoms with E-state index in [4.69, 9.17) is 11.6 Å². The van der Waals surface area contributed by atoms with Crippen LogP contribution in [0.5, 0.6) is 5.75 Å². The standard InChI is InChI=1S/C10H7ClF2O2/c11-8-3-4-9(15-10(12)13)7(6-8)2-1-5-14/h1-6,10H/b2-1+. The molecule has 0 N–H and O–H groups in total. The highest BCUT2D eigenvalue weighted by Gasteiger charge is 2.08. The summed E-state index contributed by atoms with van der Waals surface area (Å²) in [5, 5.41) is 0.377. The molecule has 0 aliphatic carbocycles. The molecule has 1 aromatic carbocycles. The van der Waals surface area contributed by atoms with Gasteiger partial charge < -0.3 is 4.74 Å². The first-order chi connectivity index (χ1) is 7.13. The molecule has 0 amide bonds. The van der Waals surface area contributed by atoms with Gasteiger partial charge in [-0.25, -0.2) is 0 Å². The second-order valence-electron chi connectivity index (χ2n) is 2.56. The van der Waals surface area contributed by atoms with Crippen molar-refractivity contribution in [1.29, 1.82) is 0 Å². The second kappa shape index (κ2) is 5.46. The lowest BCUT2D eigenvalue weighted by Crippen LogP contribution is -2.03. The van der Waals surface area contributed by atoms with E-state index in [1.807, 2.05) is 0 Å². The average molecular weight is 233 g/mol. The molecule has 0 saturated heterocycles. The van der Waals surface area contributed by atoms with Gasteiger partial charge in [-0.1, -0.05) is 11.6 Å². The summed E-state index contributed by atoms with van der Waals surface area (Å²) in [7, 11) is 0. The third kappa shape index (κ3) is 3.67. The average Bonchev–Trinajstić information content (AvgIpc) is 2.18. The largest absolute Gasteiger partial charge is 0.434 e. The van der Waals surface area contributed by atoms with Crippen molar-refractivity contribution in [1.82, 2.24) is 0 Å². The maximum Gasteiger partial charge on any atom is 0.387 e. The number of alkyl halides is 2. The third-order valence-corrected chi connectivity index (χ3v) is 1.78. The number of allylic oxidation sites excluding steroid dienone is 1. The molecule has 5 heteroatoms. The Morgan fingerprint density at radius 1 is 1.40 bits per heavy atom. The van der Waals surface area contributed by atoms with Crippen molar-refractivity contribution >= 4 is 24.0 Å². The van der Waals surface area contributed by atoms with Crippen molar-refractivity contribution in [2.24, 2.45) is 0 Å². The molecule has 0 atom stereocenters. The summed E-state index contributed by atoms with van der Waals surface area (Å²) in [6, 6.07) is 4.18. The van der Waals surface area contributed by atoms with Crippen LogP contribution in [0, 0.1) is 0 Å². The minimum Gasteiger partial charge on any atom is -0.434 e. The summed E-state index contributed by atoms with van der Waals surface area (Å²) in [4.78, 5) is 10.1. The van der Waals surface area contributed by atoms with Gasteiger partial charge in [0.15, 0.2) is 0 Å². The van der Waals surface area contributed by atoms with Gasteiger partial charge in [0.05, 0.1) is 0 Å². The molecule has 1 aromatic rings. The number of carbonyl (C=O) groups excluding carboxylic acids is 1. The van der Waals surface area contributed by atoms with E-state index < -0.39 is 6.61 Å². The lowest BCUT2D eigenvalue weighted by atomic mass is 10.2. The van der Waals surface area contributed by atoms with Gasteiger partial charge >= 0.3 is 6.61 Å². The van der Waals surface area contributed by atoms with Crippen molar-refractivity contribution in [3.63, 3.8) is 0 Å². The molecular formula is C10H7ClF2O2. The molecule has 0 radical (unpaired) electrons. The van der Waals surface area contributed by atoms with Gasteiger partial charge in [0.1, 0.15) is 12.0 Å². The first-order valence-electron chi connectivity index (χ1n) is 3.99. The first-order valence-corrected chi connectivity index (χ1v) is 4.37. The van der Waals surface area contributed by atoms with Crippen molar-refractivity contribution in [2.45, 2.75) is 6.61 Å². The van der Waals surface area contributed by atoms with Gasteiger partial charge in [0.2, 0.25) is 0 Å². The highest BCUT2D eigenvalue weighted by molar-refractivity contribution is 6.30. The number of carbonyl (C=O) groups is 1. The zero-order chi connectivity index (χ0) is 11.3. The predicted molar refractivity (Wildman–Crippen MR) is 53.2 cm³/mol. The van der Waals surface area contributed by atoms with Crippen LogP contribution in [-0.4, -0.2) is 12.9 Å². The number of hydrogen-bond donors (Lipinski definition) is 0. The van der Waals surface area contributed by atoms with E-state index in [0.717, 1.165) is 0 Å². The van der Waals surface area contributed by atoms with E-state index in [1.54, 1.807) is 0 Å². The minimum atomic E-state index is -2.91. The number of aldehydes is 1. The Bertz CT molecular complexity index is 378.